The van der Waals surface area contributed by atoms with E-state index >= 15 is 0 Å². The van der Waals surface area contributed by atoms with Crippen molar-refractivity contribution in [1.82, 2.24) is 15.7 Å². The molecule has 3 rings (SSSR count). The summed E-state index contributed by atoms with van der Waals surface area (Å²) in [6, 6.07) is 1.87. The maximum absolute atomic E-state index is 15.0. The van der Waals surface area contributed by atoms with Crippen molar-refractivity contribution in [3.63, 3.8) is 0 Å². The number of alkyl halides is 3. The first-order valence-corrected chi connectivity index (χ1v) is 11.2. The number of amides is 3. The highest BCUT2D eigenvalue weighted by molar-refractivity contribution is 5.90. The summed E-state index contributed by atoms with van der Waals surface area (Å²) in [5.41, 5.74) is -0.519. The largest absolute Gasteiger partial charge is 0.442 e. The first kappa shape index (κ1) is 27.4. The van der Waals surface area contributed by atoms with E-state index in [0.29, 0.717) is 6.54 Å². The maximum atomic E-state index is 15.0. The molecule has 2 heterocycles. The summed E-state index contributed by atoms with van der Waals surface area (Å²) in [7, 11) is 0. The van der Waals surface area contributed by atoms with Gasteiger partial charge < -0.3 is 20.3 Å². The van der Waals surface area contributed by atoms with Crippen molar-refractivity contribution in [3.8, 4) is 0 Å². The SMILES string of the molecule is O=C(NCC1CN(c2cc(F)c(N3CCON(C(=O)CNCCCF)CC3)c(F)c2)C(=O)O1)C(F)F. The molecule has 1 aromatic rings. The molecule has 1 unspecified atom stereocenters. The Bertz CT molecular complexity index is 933. The van der Waals surface area contributed by atoms with Crippen molar-refractivity contribution in [2.45, 2.75) is 19.0 Å². The summed E-state index contributed by atoms with van der Waals surface area (Å²) < 4.78 is 71.7. The third-order valence-corrected chi connectivity index (χ3v) is 5.43. The van der Waals surface area contributed by atoms with E-state index < -0.39 is 48.7 Å². The number of cyclic esters (lactones) is 1. The molecule has 3 amide bonds. The van der Waals surface area contributed by atoms with Gasteiger partial charge in [0.25, 0.3) is 11.8 Å². The Kier molecular flexibility index (Phi) is 9.64. The van der Waals surface area contributed by atoms with Crippen molar-refractivity contribution in [1.29, 1.82) is 0 Å². The molecule has 0 spiro atoms. The van der Waals surface area contributed by atoms with Gasteiger partial charge in [-0.05, 0) is 13.0 Å². The lowest BCUT2D eigenvalue weighted by Gasteiger charge is -2.24. The second-order valence-corrected chi connectivity index (χ2v) is 7.96. The van der Waals surface area contributed by atoms with Crippen molar-refractivity contribution < 1.29 is 45.9 Å². The van der Waals surface area contributed by atoms with Crippen LogP contribution in [0.1, 0.15) is 6.42 Å². The number of nitrogens with zero attached hydrogens (tertiary/aromatic N) is 3. The van der Waals surface area contributed by atoms with Crippen molar-refractivity contribution in [2.24, 2.45) is 0 Å². The van der Waals surface area contributed by atoms with E-state index in [2.05, 4.69) is 5.32 Å². The predicted molar refractivity (Wildman–Crippen MR) is 116 cm³/mol. The van der Waals surface area contributed by atoms with Crippen LogP contribution in [0.5, 0.6) is 0 Å². The van der Waals surface area contributed by atoms with Gasteiger partial charge in [0.05, 0.1) is 45.1 Å². The number of hydrogen-bond acceptors (Lipinski definition) is 7. The van der Waals surface area contributed by atoms with E-state index in [0.717, 1.165) is 22.1 Å². The fourth-order valence-corrected chi connectivity index (χ4v) is 3.69. The zero-order valence-corrected chi connectivity index (χ0v) is 19.2. The smallest absolute Gasteiger partial charge is 0.414 e. The standard InChI is InChI=1S/C21H26F5N5O5/c22-2-1-3-27-11-17(32)31-5-4-29(6-7-35-31)18-15(23)8-13(9-16(18)24)30-12-14(36-21(30)34)10-28-20(33)19(25)26/h8-9,14,19,27H,1-7,10-12H2,(H,28,33). The molecule has 2 aliphatic rings. The lowest BCUT2D eigenvalue weighted by atomic mass is 10.2. The Morgan fingerprint density at radius 2 is 1.86 bits per heavy atom. The average Bonchev–Trinajstić information content (AvgIpc) is 3.04. The van der Waals surface area contributed by atoms with E-state index in [1.54, 1.807) is 0 Å². The Balaban J connectivity index is 1.61. The van der Waals surface area contributed by atoms with E-state index in [1.165, 1.54) is 4.90 Å². The predicted octanol–water partition coefficient (Wildman–Crippen LogP) is 1.20. The number of hydroxylamine groups is 2. The fourth-order valence-electron chi connectivity index (χ4n) is 3.69. The van der Waals surface area contributed by atoms with E-state index in [-0.39, 0.29) is 63.7 Å². The Morgan fingerprint density at radius 3 is 2.53 bits per heavy atom. The van der Waals surface area contributed by atoms with Crippen LogP contribution in [-0.4, -0.2) is 94.6 Å². The molecule has 36 heavy (non-hydrogen) atoms. The van der Waals surface area contributed by atoms with Crippen LogP contribution in [-0.2, 0) is 19.2 Å². The minimum atomic E-state index is -3.23. The van der Waals surface area contributed by atoms with Gasteiger partial charge in [-0.1, -0.05) is 0 Å². The fraction of sp³-hybridized carbons (Fsp3) is 0.571. The molecule has 2 N–H and O–H groups in total. The molecule has 200 valence electrons. The molecule has 2 aliphatic heterocycles. The second kappa shape index (κ2) is 12.7. The summed E-state index contributed by atoms with van der Waals surface area (Å²) in [5, 5.41) is 5.78. The first-order valence-electron chi connectivity index (χ1n) is 11.2. The minimum absolute atomic E-state index is 0.0225. The Morgan fingerprint density at radius 1 is 1.14 bits per heavy atom. The summed E-state index contributed by atoms with van der Waals surface area (Å²) in [6.07, 6.45) is -4.90. The molecule has 1 atom stereocenters. The van der Waals surface area contributed by atoms with Gasteiger partial charge in [0.2, 0.25) is 0 Å². The number of anilines is 2. The highest BCUT2D eigenvalue weighted by Gasteiger charge is 2.34. The molecule has 2 saturated heterocycles. The third-order valence-electron chi connectivity index (χ3n) is 5.43. The van der Waals surface area contributed by atoms with Crippen LogP contribution >= 0.6 is 0 Å². The quantitative estimate of drug-likeness (QED) is 0.351. The van der Waals surface area contributed by atoms with Gasteiger partial charge in [0.1, 0.15) is 11.8 Å². The highest BCUT2D eigenvalue weighted by atomic mass is 19.3. The normalized spacial score (nSPS) is 18.4. The maximum Gasteiger partial charge on any atom is 0.414 e. The topological polar surface area (TPSA) is 103 Å². The zero-order chi connectivity index (χ0) is 26.2. The van der Waals surface area contributed by atoms with E-state index in [1.807, 2.05) is 5.32 Å². The number of hydrogen-bond donors (Lipinski definition) is 2. The molecule has 0 radical (unpaired) electrons. The van der Waals surface area contributed by atoms with Crippen LogP contribution in [0.15, 0.2) is 12.1 Å². The van der Waals surface area contributed by atoms with Crippen LogP contribution in [0, 0.1) is 11.6 Å². The summed E-state index contributed by atoms with van der Waals surface area (Å²) in [6.45, 7) is -0.736. The van der Waals surface area contributed by atoms with Crippen LogP contribution < -0.4 is 20.4 Å². The van der Waals surface area contributed by atoms with Crippen LogP contribution in [0.2, 0.25) is 0 Å². The van der Waals surface area contributed by atoms with Crippen molar-refractivity contribution >= 4 is 29.3 Å². The lowest BCUT2D eigenvalue weighted by molar-refractivity contribution is -0.180. The molecule has 0 saturated carbocycles. The van der Waals surface area contributed by atoms with E-state index in [4.69, 9.17) is 9.57 Å². The molecular weight excluding hydrogens is 497 g/mol. The van der Waals surface area contributed by atoms with Gasteiger partial charge in [-0.25, -0.2) is 18.6 Å². The zero-order valence-electron chi connectivity index (χ0n) is 19.2. The Labute approximate surface area is 203 Å². The number of halogens is 5. The summed E-state index contributed by atoms with van der Waals surface area (Å²) >= 11 is 0. The van der Waals surface area contributed by atoms with E-state index in [9.17, 15) is 36.3 Å². The van der Waals surface area contributed by atoms with Gasteiger partial charge in [-0.2, -0.15) is 8.78 Å². The minimum Gasteiger partial charge on any atom is -0.442 e. The molecule has 1 aromatic carbocycles. The number of ether oxygens (including phenoxy) is 1. The summed E-state index contributed by atoms with van der Waals surface area (Å²) in [5.74, 6) is -3.88. The first-order chi connectivity index (χ1) is 17.2. The van der Waals surface area contributed by atoms with Gasteiger partial charge in [-0.3, -0.25) is 23.7 Å². The molecule has 2 fully saturated rings. The highest BCUT2D eigenvalue weighted by Crippen LogP contribution is 2.31. The third kappa shape index (κ3) is 6.94. The van der Waals surface area contributed by atoms with Gasteiger partial charge >= 0.3 is 12.5 Å². The average molecular weight is 523 g/mol. The van der Waals surface area contributed by atoms with Gasteiger partial charge in [-0.15, -0.1) is 0 Å². The van der Waals surface area contributed by atoms with Crippen molar-refractivity contribution in [2.75, 3.05) is 68.9 Å². The van der Waals surface area contributed by atoms with Crippen LogP contribution in [0.4, 0.5) is 38.1 Å². The van der Waals surface area contributed by atoms with Gasteiger partial charge in [0, 0.05) is 25.2 Å². The van der Waals surface area contributed by atoms with Crippen molar-refractivity contribution in [3.05, 3.63) is 23.8 Å². The molecule has 0 bridgehead atoms. The van der Waals surface area contributed by atoms with Gasteiger partial charge in [0.15, 0.2) is 11.6 Å². The number of benzene rings is 1. The molecule has 10 nitrogen and oxygen atoms in total. The van der Waals surface area contributed by atoms with Crippen LogP contribution in [0.3, 0.4) is 0 Å². The molecule has 0 aromatic heterocycles. The second-order valence-electron chi connectivity index (χ2n) is 7.96. The molecule has 15 heteroatoms. The number of nitrogens with one attached hydrogen (secondary N) is 2. The summed E-state index contributed by atoms with van der Waals surface area (Å²) in [4.78, 5) is 43.0. The molecular formula is C21H26F5N5O5. The number of rotatable bonds is 10. The number of carbonyl (C=O) groups excluding carboxylic acids is 3. The monoisotopic (exact) mass is 523 g/mol. The lowest BCUT2D eigenvalue weighted by Crippen LogP contribution is -2.40. The Hall–Kier alpha value is -3.20. The number of carbonyl (C=O) groups is 3. The molecule has 0 aliphatic carbocycles. The van der Waals surface area contributed by atoms with Crippen LogP contribution in [0.25, 0.3) is 0 Å².